The highest BCUT2D eigenvalue weighted by Crippen LogP contribution is 2.36. The maximum Gasteiger partial charge on any atom is 0.257 e. The second kappa shape index (κ2) is 11.5. The normalized spacial score (nSPS) is 12.7. The summed E-state index contributed by atoms with van der Waals surface area (Å²) in [5.41, 5.74) is 4.57. The molecule has 5 aromatic rings. The fraction of sp³-hybridized carbons (Fsp3) is 0.200. The van der Waals surface area contributed by atoms with E-state index in [1.54, 1.807) is 30.6 Å². The second-order valence-corrected chi connectivity index (χ2v) is 10.3. The largest absolute Gasteiger partial charge is 0.497 e. The number of amides is 1. The molecule has 2 aromatic carbocycles. The number of aromatic nitrogens is 6. The van der Waals surface area contributed by atoms with Crippen molar-refractivity contribution >= 4 is 22.9 Å². The van der Waals surface area contributed by atoms with Gasteiger partial charge in [-0.05, 0) is 72.0 Å². The van der Waals surface area contributed by atoms with Crippen LogP contribution >= 0.6 is 11.3 Å². The maximum absolute atomic E-state index is 12.9. The lowest BCUT2D eigenvalue weighted by atomic mass is 9.83. The van der Waals surface area contributed by atoms with Gasteiger partial charge >= 0.3 is 0 Å². The number of methoxy groups -OCH3 is 1. The third kappa shape index (κ3) is 5.90. The van der Waals surface area contributed by atoms with E-state index in [0.29, 0.717) is 35.2 Å². The van der Waals surface area contributed by atoms with Crippen molar-refractivity contribution in [2.24, 2.45) is 0 Å². The van der Waals surface area contributed by atoms with E-state index in [1.807, 2.05) is 48.5 Å². The fourth-order valence-electron chi connectivity index (χ4n) is 4.21. The van der Waals surface area contributed by atoms with Crippen LogP contribution in [0.15, 0.2) is 72.2 Å². The molecule has 0 saturated heterocycles. The molecule has 0 unspecified atom stereocenters. The molecule has 1 N–H and O–H groups in total. The Morgan fingerprint density at radius 3 is 2.75 bits per heavy atom. The zero-order valence-electron chi connectivity index (χ0n) is 21.7. The van der Waals surface area contributed by atoms with Crippen LogP contribution in [0.2, 0.25) is 0 Å². The molecule has 1 aliphatic carbocycles. The molecular weight excluding hydrogens is 522 g/mol. The summed E-state index contributed by atoms with van der Waals surface area (Å²) in [6.45, 7) is 0.465. The van der Waals surface area contributed by atoms with Crippen molar-refractivity contribution < 1.29 is 9.53 Å². The van der Waals surface area contributed by atoms with Crippen LogP contribution in [0.5, 0.6) is 5.75 Å². The molecule has 3 heterocycles. The van der Waals surface area contributed by atoms with Gasteiger partial charge in [0.2, 0.25) is 5.82 Å². The van der Waals surface area contributed by atoms with Crippen molar-refractivity contribution in [2.45, 2.75) is 31.7 Å². The van der Waals surface area contributed by atoms with Crippen molar-refractivity contribution in [1.29, 1.82) is 0 Å². The lowest BCUT2D eigenvalue weighted by molar-refractivity contribution is 0.102. The van der Waals surface area contributed by atoms with Crippen LogP contribution in [0, 0.1) is 11.8 Å². The monoisotopic (exact) mass is 547 g/mol. The number of anilines is 1. The Labute approximate surface area is 235 Å². The van der Waals surface area contributed by atoms with E-state index < -0.39 is 0 Å². The van der Waals surface area contributed by atoms with Crippen molar-refractivity contribution in [1.82, 2.24) is 30.2 Å². The summed E-state index contributed by atoms with van der Waals surface area (Å²) in [7, 11) is 1.63. The number of ether oxygens (including phenoxy) is 1. The summed E-state index contributed by atoms with van der Waals surface area (Å²) in [6, 6.07) is 18.5. The number of nitrogens with one attached hydrogen (secondary N) is 1. The lowest BCUT2D eigenvalue weighted by Crippen LogP contribution is -2.12. The lowest BCUT2D eigenvalue weighted by Gasteiger charge is -2.22. The topological polar surface area (TPSA) is 108 Å². The van der Waals surface area contributed by atoms with Crippen LogP contribution in [0.1, 0.15) is 57.4 Å². The molecule has 1 fully saturated rings. The Balaban J connectivity index is 1.07. The number of nitrogens with zero attached hydrogens (tertiary/aromatic N) is 6. The molecular formula is C30H25N7O2S. The first-order valence-electron chi connectivity index (χ1n) is 12.9. The molecule has 40 heavy (non-hydrogen) atoms. The standard InChI is InChI=1S/C30H25N7O2S/c1-39-25-12-8-21(9-13-25)18-37-35-29(34-36-37)26-14-11-23(17-31-26)30(38)32-24-7-2-4-20(16-24)10-15-28-33-27(19-40-28)22-5-3-6-22/h2,4,7-9,11-14,16-17,19,22H,3,5-6,18H2,1H3,(H,32,38). The summed E-state index contributed by atoms with van der Waals surface area (Å²) in [4.78, 5) is 23.4. The molecule has 0 aliphatic heterocycles. The van der Waals surface area contributed by atoms with Crippen LogP contribution < -0.4 is 10.1 Å². The summed E-state index contributed by atoms with van der Waals surface area (Å²) >= 11 is 1.58. The molecule has 0 bridgehead atoms. The Kier molecular flexibility index (Phi) is 7.28. The summed E-state index contributed by atoms with van der Waals surface area (Å²) in [6.07, 6.45) is 5.23. The molecule has 1 aliphatic rings. The van der Waals surface area contributed by atoms with Gasteiger partial charge in [-0.15, -0.1) is 21.5 Å². The average molecular weight is 548 g/mol. The summed E-state index contributed by atoms with van der Waals surface area (Å²) in [5.74, 6) is 7.80. The highest BCUT2D eigenvalue weighted by Gasteiger charge is 2.21. The van der Waals surface area contributed by atoms with Crippen LogP contribution in [0.4, 0.5) is 5.69 Å². The van der Waals surface area contributed by atoms with E-state index in [2.05, 4.69) is 47.9 Å². The van der Waals surface area contributed by atoms with Crippen molar-refractivity contribution in [3.63, 3.8) is 0 Å². The molecule has 198 valence electrons. The molecule has 1 amide bonds. The molecule has 10 heteroatoms. The minimum absolute atomic E-state index is 0.273. The molecule has 9 nitrogen and oxygen atoms in total. The van der Waals surface area contributed by atoms with Crippen LogP contribution in [0.3, 0.4) is 0 Å². The van der Waals surface area contributed by atoms with E-state index in [1.165, 1.54) is 30.3 Å². The van der Waals surface area contributed by atoms with E-state index >= 15 is 0 Å². The van der Waals surface area contributed by atoms with Crippen molar-refractivity contribution in [3.05, 3.63) is 99.6 Å². The van der Waals surface area contributed by atoms with Gasteiger partial charge in [-0.3, -0.25) is 9.78 Å². The molecule has 6 rings (SSSR count). The predicted molar refractivity (Wildman–Crippen MR) is 152 cm³/mol. The van der Waals surface area contributed by atoms with Crippen LogP contribution in [-0.2, 0) is 6.54 Å². The van der Waals surface area contributed by atoms with Crippen molar-refractivity contribution in [3.8, 4) is 29.1 Å². The third-order valence-electron chi connectivity index (χ3n) is 6.67. The van der Waals surface area contributed by atoms with Gasteiger partial charge in [0.25, 0.3) is 5.91 Å². The van der Waals surface area contributed by atoms with Gasteiger partial charge in [0.05, 0.1) is 24.9 Å². The zero-order valence-corrected chi connectivity index (χ0v) is 22.6. The Morgan fingerprint density at radius 1 is 1.12 bits per heavy atom. The SMILES string of the molecule is COc1ccc(Cn2nnc(-c3ccc(C(=O)Nc4cccc(C#Cc5nc(C6CCC6)cs5)c4)cn3)n2)cc1. The fourth-order valence-corrected chi connectivity index (χ4v) is 4.95. The third-order valence-corrected chi connectivity index (χ3v) is 7.45. The number of rotatable bonds is 7. The smallest absolute Gasteiger partial charge is 0.257 e. The van der Waals surface area contributed by atoms with Gasteiger partial charge in [0.1, 0.15) is 11.4 Å². The number of benzene rings is 2. The van der Waals surface area contributed by atoms with Crippen LogP contribution in [-0.4, -0.2) is 43.2 Å². The Morgan fingerprint density at radius 2 is 2.00 bits per heavy atom. The Hall–Kier alpha value is -4.88. The molecule has 0 spiro atoms. The number of thiazole rings is 1. The van der Waals surface area contributed by atoms with Gasteiger partial charge in [-0.25, -0.2) is 4.98 Å². The predicted octanol–water partition coefficient (Wildman–Crippen LogP) is 5.17. The number of carbonyl (C=O) groups excluding carboxylic acids is 1. The summed E-state index contributed by atoms with van der Waals surface area (Å²) in [5, 5.41) is 18.5. The first-order chi connectivity index (χ1) is 19.6. The molecule has 1 saturated carbocycles. The quantitative estimate of drug-likeness (QED) is 0.280. The van der Waals surface area contributed by atoms with Crippen LogP contribution in [0.25, 0.3) is 11.5 Å². The van der Waals surface area contributed by atoms with E-state index in [9.17, 15) is 4.79 Å². The maximum atomic E-state index is 12.9. The number of hydrogen-bond donors (Lipinski definition) is 1. The van der Waals surface area contributed by atoms with Gasteiger partial charge in [0, 0.05) is 28.7 Å². The van der Waals surface area contributed by atoms with Gasteiger partial charge in [-0.2, -0.15) is 4.80 Å². The van der Waals surface area contributed by atoms with Gasteiger partial charge in [-0.1, -0.05) is 30.5 Å². The first-order valence-corrected chi connectivity index (χ1v) is 13.8. The summed E-state index contributed by atoms with van der Waals surface area (Å²) < 4.78 is 5.19. The first kappa shape index (κ1) is 25.4. The average Bonchev–Trinajstić information content (AvgIpc) is 3.62. The van der Waals surface area contributed by atoms with E-state index in [4.69, 9.17) is 4.74 Å². The number of pyridine rings is 1. The van der Waals surface area contributed by atoms with E-state index in [0.717, 1.165) is 27.6 Å². The van der Waals surface area contributed by atoms with E-state index in [-0.39, 0.29) is 5.91 Å². The zero-order chi connectivity index (χ0) is 27.3. The van der Waals surface area contributed by atoms with Crippen molar-refractivity contribution in [2.75, 3.05) is 12.4 Å². The molecule has 0 radical (unpaired) electrons. The molecule has 3 aromatic heterocycles. The highest BCUT2D eigenvalue weighted by molar-refractivity contribution is 7.10. The highest BCUT2D eigenvalue weighted by atomic mass is 32.1. The number of hydrogen-bond acceptors (Lipinski definition) is 8. The van der Waals surface area contributed by atoms with Gasteiger partial charge in [0.15, 0.2) is 5.01 Å². The number of carbonyl (C=O) groups is 1. The minimum atomic E-state index is -0.273. The number of tetrazole rings is 1. The molecule has 0 atom stereocenters. The Bertz CT molecular complexity index is 1690. The van der Waals surface area contributed by atoms with Gasteiger partial charge < -0.3 is 10.1 Å². The second-order valence-electron chi connectivity index (χ2n) is 9.41. The minimum Gasteiger partial charge on any atom is -0.497 e.